The maximum absolute atomic E-state index is 12.9. The number of halogens is 2. The highest BCUT2D eigenvalue weighted by Crippen LogP contribution is 2.24. The lowest BCUT2D eigenvalue weighted by atomic mass is 10.2. The van der Waals surface area contributed by atoms with Gasteiger partial charge in [-0.25, -0.2) is 4.98 Å². The SMILES string of the molecule is COCc1nc2ncc3c(=O)n(-c4ccc(Cl)c(Cl)c4)ccc3n2n1. The van der Waals surface area contributed by atoms with Gasteiger partial charge in [-0.3, -0.25) is 9.36 Å². The molecular weight excluding hydrogens is 365 g/mol. The van der Waals surface area contributed by atoms with Crippen LogP contribution in [0.25, 0.3) is 22.4 Å². The summed E-state index contributed by atoms with van der Waals surface area (Å²) < 4.78 is 8.05. The molecular formula is C16H11Cl2N5O2. The molecule has 1 aromatic carbocycles. The number of aromatic nitrogens is 5. The second kappa shape index (κ2) is 6.11. The molecule has 0 amide bonds. The van der Waals surface area contributed by atoms with Crippen molar-refractivity contribution < 1.29 is 4.74 Å². The van der Waals surface area contributed by atoms with Crippen molar-refractivity contribution in [1.29, 1.82) is 0 Å². The molecule has 3 aromatic heterocycles. The van der Waals surface area contributed by atoms with E-state index in [1.807, 2.05) is 0 Å². The highest BCUT2D eigenvalue weighted by molar-refractivity contribution is 6.42. The van der Waals surface area contributed by atoms with E-state index in [9.17, 15) is 4.79 Å². The van der Waals surface area contributed by atoms with Gasteiger partial charge in [-0.1, -0.05) is 23.2 Å². The van der Waals surface area contributed by atoms with Crippen molar-refractivity contribution in [3.63, 3.8) is 0 Å². The Hall–Kier alpha value is -2.48. The van der Waals surface area contributed by atoms with Crippen molar-refractivity contribution >= 4 is 39.9 Å². The molecule has 0 atom stereocenters. The molecule has 0 aliphatic rings. The zero-order valence-corrected chi connectivity index (χ0v) is 14.5. The zero-order valence-electron chi connectivity index (χ0n) is 13.0. The fourth-order valence-corrected chi connectivity index (χ4v) is 2.88. The third kappa shape index (κ3) is 2.66. The molecule has 0 aliphatic carbocycles. The molecule has 0 radical (unpaired) electrons. The molecule has 0 aliphatic heterocycles. The van der Waals surface area contributed by atoms with Gasteiger partial charge in [0.2, 0.25) is 0 Å². The summed E-state index contributed by atoms with van der Waals surface area (Å²) in [5.41, 5.74) is 0.982. The lowest BCUT2D eigenvalue weighted by Gasteiger charge is -2.08. The number of pyridine rings is 1. The van der Waals surface area contributed by atoms with Gasteiger partial charge in [-0.2, -0.15) is 9.50 Å². The Kier molecular flexibility index (Phi) is 3.91. The zero-order chi connectivity index (χ0) is 17.6. The molecule has 126 valence electrons. The van der Waals surface area contributed by atoms with E-state index in [4.69, 9.17) is 27.9 Å². The van der Waals surface area contributed by atoms with E-state index in [1.54, 1.807) is 37.6 Å². The summed E-state index contributed by atoms with van der Waals surface area (Å²) in [4.78, 5) is 21.3. The minimum Gasteiger partial charge on any atom is -0.377 e. The first-order chi connectivity index (χ1) is 12.1. The van der Waals surface area contributed by atoms with Crippen LogP contribution in [0.5, 0.6) is 0 Å². The molecule has 0 bridgehead atoms. The molecule has 9 heteroatoms. The molecule has 3 heterocycles. The number of methoxy groups -OCH3 is 1. The van der Waals surface area contributed by atoms with Crippen LogP contribution < -0.4 is 5.56 Å². The largest absolute Gasteiger partial charge is 0.377 e. The average molecular weight is 376 g/mol. The van der Waals surface area contributed by atoms with Gasteiger partial charge in [-0.15, -0.1) is 5.10 Å². The lowest BCUT2D eigenvalue weighted by molar-refractivity contribution is 0.178. The fourth-order valence-electron chi connectivity index (χ4n) is 2.59. The van der Waals surface area contributed by atoms with E-state index in [2.05, 4.69) is 15.1 Å². The van der Waals surface area contributed by atoms with Crippen LogP contribution in [0.2, 0.25) is 10.0 Å². The first-order valence-corrected chi connectivity index (χ1v) is 8.04. The van der Waals surface area contributed by atoms with Gasteiger partial charge in [0.05, 0.1) is 26.6 Å². The normalized spacial score (nSPS) is 11.5. The van der Waals surface area contributed by atoms with Crippen LogP contribution in [0.1, 0.15) is 5.82 Å². The first kappa shape index (κ1) is 16.0. The molecule has 0 fully saturated rings. The van der Waals surface area contributed by atoms with Crippen LogP contribution in [0.3, 0.4) is 0 Å². The van der Waals surface area contributed by atoms with Crippen LogP contribution >= 0.6 is 23.2 Å². The molecule has 4 rings (SSSR count). The van der Waals surface area contributed by atoms with Gasteiger partial charge in [0.15, 0.2) is 5.82 Å². The number of hydrogen-bond acceptors (Lipinski definition) is 5. The third-order valence-electron chi connectivity index (χ3n) is 3.73. The first-order valence-electron chi connectivity index (χ1n) is 7.29. The number of ether oxygens (including phenoxy) is 1. The molecule has 0 saturated carbocycles. The number of hydrogen-bond donors (Lipinski definition) is 0. The van der Waals surface area contributed by atoms with E-state index >= 15 is 0 Å². The summed E-state index contributed by atoms with van der Waals surface area (Å²) in [6, 6.07) is 6.78. The topological polar surface area (TPSA) is 74.3 Å². The summed E-state index contributed by atoms with van der Waals surface area (Å²) >= 11 is 12.0. The predicted molar refractivity (Wildman–Crippen MR) is 94.6 cm³/mol. The highest BCUT2D eigenvalue weighted by Gasteiger charge is 2.12. The average Bonchev–Trinajstić information content (AvgIpc) is 3.01. The molecule has 0 unspecified atom stereocenters. The highest BCUT2D eigenvalue weighted by atomic mass is 35.5. The number of benzene rings is 1. The second-order valence-corrected chi connectivity index (χ2v) is 6.13. The third-order valence-corrected chi connectivity index (χ3v) is 4.47. The quantitative estimate of drug-likeness (QED) is 0.550. The standard InChI is InChI=1S/C16H11Cl2N5O2/c1-25-8-14-20-16-19-7-10-13(23(16)21-14)4-5-22(15(10)24)9-2-3-11(17)12(18)6-9/h2-7H,8H2,1H3. The van der Waals surface area contributed by atoms with Crippen molar-refractivity contribution in [2.24, 2.45) is 0 Å². The minimum absolute atomic E-state index is 0.242. The van der Waals surface area contributed by atoms with Crippen LogP contribution in [-0.4, -0.2) is 31.3 Å². The van der Waals surface area contributed by atoms with Crippen LogP contribution in [0, 0.1) is 0 Å². The fraction of sp³-hybridized carbons (Fsp3) is 0.125. The van der Waals surface area contributed by atoms with E-state index < -0.39 is 0 Å². The van der Waals surface area contributed by atoms with Crippen LogP contribution in [0.4, 0.5) is 0 Å². The van der Waals surface area contributed by atoms with E-state index in [1.165, 1.54) is 15.3 Å². The maximum Gasteiger partial charge on any atom is 0.266 e. The molecule has 0 saturated heterocycles. The van der Waals surface area contributed by atoms with Gasteiger partial charge in [-0.05, 0) is 24.3 Å². The van der Waals surface area contributed by atoms with Crippen molar-refractivity contribution in [3.05, 3.63) is 62.9 Å². The summed E-state index contributed by atoms with van der Waals surface area (Å²) in [7, 11) is 1.56. The van der Waals surface area contributed by atoms with Gasteiger partial charge in [0.1, 0.15) is 6.61 Å². The summed E-state index contributed by atoms with van der Waals surface area (Å²) in [5, 5.41) is 5.55. The van der Waals surface area contributed by atoms with Crippen molar-refractivity contribution in [3.8, 4) is 5.69 Å². The molecule has 0 N–H and O–H groups in total. The molecule has 7 nitrogen and oxygen atoms in total. The Morgan fingerprint density at radius 2 is 2.04 bits per heavy atom. The van der Waals surface area contributed by atoms with Crippen molar-refractivity contribution in [2.75, 3.05) is 7.11 Å². The van der Waals surface area contributed by atoms with E-state index in [0.29, 0.717) is 38.2 Å². The van der Waals surface area contributed by atoms with E-state index in [-0.39, 0.29) is 12.2 Å². The molecule has 25 heavy (non-hydrogen) atoms. The monoisotopic (exact) mass is 375 g/mol. The Bertz CT molecular complexity index is 1170. The number of rotatable bonds is 3. The minimum atomic E-state index is -0.242. The number of fused-ring (bicyclic) bond motifs is 3. The summed E-state index contributed by atoms with van der Waals surface area (Å²) in [6.45, 7) is 0.269. The Labute approximate surface area is 151 Å². The summed E-state index contributed by atoms with van der Waals surface area (Å²) in [5.74, 6) is 0.905. The Morgan fingerprint density at radius 3 is 2.80 bits per heavy atom. The second-order valence-electron chi connectivity index (χ2n) is 5.32. The van der Waals surface area contributed by atoms with Gasteiger partial charge < -0.3 is 4.74 Å². The Balaban J connectivity index is 1.94. The summed E-state index contributed by atoms with van der Waals surface area (Å²) in [6.07, 6.45) is 3.15. The smallest absolute Gasteiger partial charge is 0.266 e. The molecule has 0 spiro atoms. The van der Waals surface area contributed by atoms with Crippen LogP contribution in [0.15, 0.2) is 41.5 Å². The van der Waals surface area contributed by atoms with Crippen molar-refractivity contribution in [2.45, 2.75) is 6.61 Å². The maximum atomic E-state index is 12.9. The van der Waals surface area contributed by atoms with Crippen molar-refractivity contribution in [1.82, 2.24) is 24.1 Å². The predicted octanol–water partition coefficient (Wildman–Crippen LogP) is 2.88. The van der Waals surface area contributed by atoms with Gasteiger partial charge in [0, 0.05) is 19.5 Å². The van der Waals surface area contributed by atoms with Crippen LogP contribution in [-0.2, 0) is 11.3 Å². The van der Waals surface area contributed by atoms with Gasteiger partial charge >= 0.3 is 0 Å². The number of nitrogens with zero attached hydrogens (tertiary/aromatic N) is 5. The van der Waals surface area contributed by atoms with Gasteiger partial charge in [0.25, 0.3) is 11.3 Å². The lowest BCUT2D eigenvalue weighted by Crippen LogP contribution is -2.18. The Morgan fingerprint density at radius 1 is 1.20 bits per heavy atom. The van der Waals surface area contributed by atoms with E-state index in [0.717, 1.165) is 0 Å². The molecule has 4 aromatic rings.